The molecule has 0 saturated carbocycles. The second kappa shape index (κ2) is 4.79. The number of aromatic nitrogens is 2. The monoisotopic (exact) mass is 138 g/mol. The average molecular weight is 138 g/mol. The highest BCUT2D eigenvalue weighted by atomic mass is 15.1. The maximum atomic E-state index is 3.80. The van der Waals surface area contributed by atoms with E-state index in [1.807, 2.05) is 20.8 Å². The molecule has 0 saturated heterocycles. The summed E-state index contributed by atoms with van der Waals surface area (Å²) >= 11 is 0. The van der Waals surface area contributed by atoms with Crippen LogP contribution in [-0.2, 0) is 0 Å². The van der Waals surface area contributed by atoms with E-state index in [0.29, 0.717) is 0 Å². The van der Waals surface area contributed by atoms with Gasteiger partial charge in [-0.05, 0) is 6.92 Å². The minimum Gasteiger partial charge on any atom is -0.282 e. The minimum absolute atomic E-state index is 1.07. The number of hydrogen-bond acceptors (Lipinski definition) is 1. The summed E-state index contributed by atoms with van der Waals surface area (Å²) in [5.41, 5.74) is 2.14. The molecule has 0 aromatic carbocycles. The Hall–Kier alpha value is -1.05. The van der Waals surface area contributed by atoms with Gasteiger partial charge in [0, 0.05) is 11.3 Å². The smallest absolute Gasteiger partial charge is 0.0562 e. The van der Waals surface area contributed by atoms with Crippen molar-refractivity contribution in [2.24, 2.45) is 0 Å². The molecule has 1 rings (SSSR count). The zero-order valence-electron chi connectivity index (χ0n) is 6.81. The van der Waals surface area contributed by atoms with Crippen LogP contribution in [0.2, 0.25) is 0 Å². The molecule has 10 heavy (non-hydrogen) atoms. The largest absolute Gasteiger partial charge is 0.282 e. The second-order valence-electron chi connectivity index (χ2n) is 1.65. The van der Waals surface area contributed by atoms with E-state index in [1.54, 1.807) is 12.3 Å². The van der Waals surface area contributed by atoms with Crippen molar-refractivity contribution in [2.75, 3.05) is 0 Å². The number of nitrogens with one attached hydrogen (secondary N) is 1. The van der Waals surface area contributed by atoms with Gasteiger partial charge in [-0.3, -0.25) is 5.10 Å². The molecule has 0 aliphatic carbocycles. The van der Waals surface area contributed by atoms with E-state index in [0.717, 1.165) is 11.3 Å². The molecule has 1 aromatic rings. The number of aryl methyl sites for hydroxylation is 1. The van der Waals surface area contributed by atoms with E-state index in [2.05, 4.69) is 16.8 Å². The Labute approximate surface area is 62.0 Å². The van der Waals surface area contributed by atoms with Gasteiger partial charge in [0.05, 0.1) is 6.20 Å². The van der Waals surface area contributed by atoms with Crippen LogP contribution in [0.5, 0.6) is 0 Å². The fourth-order valence-corrected chi connectivity index (χ4v) is 0.566. The van der Waals surface area contributed by atoms with Gasteiger partial charge < -0.3 is 0 Å². The topological polar surface area (TPSA) is 28.7 Å². The summed E-state index contributed by atoms with van der Waals surface area (Å²) in [5.74, 6) is 0. The fraction of sp³-hybridized carbons (Fsp3) is 0.375. The highest BCUT2D eigenvalue weighted by Gasteiger charge is 1.90. The quantitative estimate of drug-likeness (QED) is 0.634. The summed E-state index contributed by atoms with van der Waals surface area (Å²) in [6.07, 6.45) is 3.53. The Kier molecular flexibility index (Phi) is 4.29. The third-order valence-electron chi connectivity index (χ3n) is 1.09. The van der Waals surface area contributed by atoms with Crippen molar-refractivity contribution < 1.29 is 0 Å². The third-order valence-corrected chi connectivity index (χ3v) is 1.09. The molecular formula is C8H14N2. The maximum Gasteiger partial charge on any atom is 0.0562 e. The first-order valence-electron chi connectivity index (χ1n) is 3.47. The molecule has 0 fully saturated rings. The van der Waals surface area contributed by atoms with Crippen molar-refractivity contribution >= 4 is 6.08 Å². The first kappa shape index (κ1) is 8.95. The van der Waals surface area contributed by atoms with E-state index in [1.165, 1.54) is 0 Å². The minimum atomic E-state index is 1.07. The molecule has 56 valence electrons. The van der Waals surface area contributed by atoms with Crippen LogP contribution < -0.4 is 0 Å². The molecule has 0 bridgehead atoms. The number of H-pyrrole nitrogens is 1. The molecule has 2 heteroatoms. The summed E-state index contributed by atoms with van der Waals surface area (Å²) in [4.78, 5) is 0. The third kappa shape index (κ3) is 2.05. The summed E-state index contributed by atoms with van der Waals surface area (Å²) in [6, 6.07) is 0. The summed E-state index contributed by atoms with van der Waals surface area (Å²) in [7, 11) is 0. The lowest BCUT2D eigenvalue weighted by molar-refractivity contribution is 1.05. The molecule has 0 aliphatic heterocycles. The molecule has 2 nitrogen and oxygen atoms in total. The van der Waals surface area contributed by atoms with E-state index in [-0.39, 0.29) is 0 Å². The lowest BCUT2D eigenvalue weighted by atomic mass is 10.3. The zero-order chi connectivity index (χ0) is 7.98. The van der Waals surface area contributed by atoms with Gasteiger partial charge in [0.25, 0.3) is 0 Å². The van der Waals surface area contributed by atoms with Crippen LogP contribution >= 0.6 is 0 Å². The molecular weight excluding hydrogens is 124 g/mol. The first-order chi connectivity index (χ1) is 4.84. The van der Waals surface area contributed by atoms with E-state index < -0.39 is 0 Å². The van der Waals surface area contributed by atoms with Crippen LogP contribution in [0.15, 0.2) is 12.8 Å². The van der Waals surface area contributed by atoms with Crippen LogP contribution in [0.25, 0.3) is 6.08 Å². The Morgan fingerprint density at radius 1 is 1.60 bits per heavy atom. The predicted octanol–water partition coefficient (Wildman–Crippen LogP) is 2.39. The fourth-order valence-electron chi connectivity index (χ4n) is 0.566. The Bertz CT molecular complexity index is 189. The zero-order valence-corrected chi connectivity index (χ0v) is 6.81. The van der Waals surface area contributed by atoms with Crippen LogP contribution in [0.1, 0.15) is 25.1 Å². The van der Waals surface area contributed by atoms with Gasteiger partial charge in [-0.15, -0.1) is 0 Å². The van der Waals surface area contributed by atoms with Crippen molar-refractivity contribution in [1.29, 1.82) is 0 Å². The van der Waals surface area contributed by atoms with Crippen molar-refractivity contribution in [3.8, 4) is 0 Å². The number of aromatic amines is 1. The van der Waals surface area contributed by atoms with Crippen LogP contribution in [-0.4, -0.2) is 10.2 Å². The predicted molar refractivity (Wildman–Crippen MR) is 44.8 cm³/mol. The Morgan fingerprint density at radius 2 is 2.20 bits per heavy atom. The second-order valence-corrected chi connectivity index (χ2v) is 1.65. The molecule has 0 aliphatic rings. The van der Waals surface area contributed by atoms with Crippen LogP contribution in [0, 0.1) is 6.92 Å². The highest BCUT2D eigenvalue weighted by Crippen LogP contribution is 2.01. The van der Waals surface area contributed by atoms with Crippen LogP contribution in [0.4, 0.5) is 0 Å². The summed E-state index contributed by atoms with van der Waals surface area (Å²) in [6.45, 7) is 9.57. The van der Waals surface area contributed by atoms with Crippen molar-refractivity contribution in [2.45, 2.75) is 20.8 Å². The van der Waals surface area contributed by atoms with Crippen molar-refractivity contribution in [3.05, 3.63) is 24.0 Å². The first-order valence-corrected chi connectivity index (χ1v) is 3.47. The van der Waals surface area contributed by atoms with Gasteiger partial charge in [0.1, 0.15) is 0 Å². The standard InChI is InChI=1S/C6H8N2.C2H6/c1-3-6-4-7-8-5(6)2;1-2/h3-4H,1H2,2H3,(H,7,8);1-2H3. The molecule has 0 unspecified atom stereocenters. The normalized spacial score (nSPS) is 7.90. The van der Waals surface area contributed by atoms with Gasteiger partial charge >= 0.3 is 0 Å². The molecule has 1 aromatic heterocycles. The number of rotatable bonds is 1. The van der Waals surface area contributed by atoms with Gasteiger partial charge in [0.2, 0.25) is 0 Å². The Morgan fingerprint density at radius 3 is 2.40 bits per heavy atom. The molecule has 0 amide bonds. The lowest BCUT2D eigenvalue weighted by Gasteiger charge is -1.81. The lowest BCUT2D eigenvalue weighted by Crippen LogP contribution is -1.71. The molecule has 1 heterocycles. The summed E-state index contributed by atoms with van der Waals surface area (Å²) < 4.78 is 0. The van der Waals surface area contributed by atoms with Gasteiger partial charge in [0.15, 0.2) is 0 Å². The number of hydrogen-bond donors (Lipinski definition) is 1. The molecule has 0 spiro atoms. The van der Waals surface area contributed by atoms with Crippen LogP contribution in [0.3, 0.4) is 0 Å². The van der Waals surface area contributed by atoms with Gasteiger partial charge in [-0.2, -0.15) is 5.10 Å². The van der Waals surface area contributed by atoms with Crippen molar-refractivity contribution in [1.82, 2.24) is 10.2 Å². The average Bonchev–Trinajstić information content (AvgIpc) is 2.39. The van der Waals surface area contributed by atoms with Gasteiger partial charge in [-0.1, -0.05) is 26.5 Å². The SMILES string of the molecule is C=Cc1cn[nH]c1C.CC. The Balaban J connectivity index is 0.000000371. The van der Waals surface area contributed by atoms with E-state index in [4.69, 9.17) is 0 Å². The van der Waals surface area contributed by atoms with Gasteiger partial charge in [-0.25, -0.2) is 0 Å². The van der Waals surface area contributed by atoms with E-state index in [9.17, 15) is 0 Å². The highest BCUT2D eigenvalue weighted by molar-refractivity contribution is 5.47. The maximum absolute atomic E-state index is 3.80. The molecule has 0 atom stereocenters. The molecule has 1 N–H and O–H groups in total. The summed E-state index contributed by atoms with van der Waals surface area (Å²) in [5, 5.41) is 6.59. The van der Waals surface area contributed by atoms with E-state index >= 15 is 0 Å². The van der Waals surface area contributed by atoms with Crippen molar-refractivity contribution in [3.63, 3.8) is 0 Å². The number of nitrogens with zero attached hydrogens (tertiary/aromatic N) is 1. The molecule has 0 radical (unpaired) electrons.